The van der Waals surface area contributed by atoms with Gasteiger partial charge in [0.2, 0.25) is 0 Å². The van der Waals surface area contributed by atoms with Crippen molar-refractivity contribution in [1.82, 2.24) is 10.2 Å². The number of hydrogen-bond donors (Lipinski definition) is 1. The maximum absolute atomic E-state index is 5.46. The fourth-order valence-electron chi connectivity index (χ4n) is 2.96. The standard InChI is InChI=1S/C19H33N3O3.HI/c1-3-23-12-5-10-20-19(21-11-7-18-6-4-13-25-18)22(2)16-17-8-14-24-15-9-17;/h4,6,13,17H,3,5,7-12,14-16H2,1-2H3,(H,20,21);1H. The predicted molar refractivity (Wildman–Crippen MR) is 115 cm³/mol. The number of ether oxygens (including phenoxy) is 2. The molecule has 0 atom stereocenters. The zero-order chi connectivity index (χ0) is 17.7. The highest BCUT2D eigenvalue weighted by Crippen LogP contribution is 2.15. The van der Waals surface area contributed by atoms with Crippen LogP contribution < -0.4 is 5.32 Å². The predicted octanol–water partition coefficient (Wildman–Crippen LogP) is 3.17. The lowest BCUT2D eigenvalue weighted by Gasteiger charge is -2.29. The Kier molecular flexibility index (Phi) is 12.8. The van der Waals surface area contributed by atoms with Crippen molar-refractivity contribution in [3.63, 3.8) is 0 Å². The Morgan fingerprint density at radius 1 is 1.38 bits per heavy atom. The van der Waals surface area contributed by atoms with E-state index in [4.69, 9.17) is 18.9 Å². The van der Waals surface area contributed by atoms with E-state index in [0.717, 1.165) is 83.5 Å². The lowest BCUT2D eigenvalue weighted by molar-refractivity contribution is 0.0610. The SMILES string of the molecule is CCOCCCN=C(NCCc1ccco1)N(C)CC1CCOCC1.I. The van der Waals surface area contributed by atoms with Crippen LogP contribution in [0.4, 0.5) is 0 Å². The minimum absolute atomic E-state index is 0. The zero-order valence-electron chi connectivity index (χ0n) is 16.1. The van der Waals surface area contributed by atoms with E-state index in [-0.39, 0.29) is 24.0 Å². The highest BCUT2D eigenvalue weighted by molar-refractivity contribution is 14.0. The van der Waals surface area contributed by atoms with Crippen LogP contribution in [0.2, 0.25) is 0 Å². The van der Waals surface area contributed by atoms with Gasteiger partial charge in [0, 0.05) is 59.5 Å². The Balaban J connectivity index is 0.00000338. The van der Waals surface area contributed by atoms with Gasteiger partial charge < -0.3 is 24.1 Å². The molecule has 26 heavy (non-hydrogen) atoms. The molecule has 0 radical (unpaired) electrons. The second kappa shape index (κ2) is 14.3. The third kappa shape index (κ3) is 9.23. The summed E-state index contributed by atoms with van der Waals surface area (Å²) in [7, 11) is 2.12. The maximum atomic E-state index is 5.46. The van der Waals surface area contributed by atoms with Crippen molar-refractivity contribution >= 4 is 29.9 Å². The fraction of sp³-hybridized carbons (Fsp3) is 0.737. The van der Waals surface area contributed by atoms with Gasteiger partial charge in [0.1, 0.15) is 5.76 Å². The summed E-state index contributed by atoms with van der Waals surface area (Å²) < 4.78 is 16.3. The molecule has 1 aromatic rings. The summed E-state index contributed by atoms with van der Waals surface area (Å²) >= 11 is 0. The van der Waals surface area contributed by atoms with Crippen LogP contribution in [-0.2, 0) is 15.9 Å². The van der Waals surface area contributed by atoms with Crippen molar-refractivity contribution in [1.29, 1.82) is 0 Å². The number of rotatable bonds is 10. The molecule has 1 saturated heterocycles. The minimum Gasteiger partial charge on any atom is -0.469 e. The van der Waals surface area contributed by atoms with Crippen molar-refractivity contribution in [2.75, 3.05) is 53.1 Å². The van der Waals surface area contributed by atoms with E-state index in [1.165, 1.54) is 0 Å². The summed E-state index contributed by atoms with van der Waals surface area (Å²) in [5.74, 6) is 2.64. The molecule has 1 aromatic heterocycles. The summed E-state index contributed by atoms with van der Waals surface area (Å²) in [5.41, 5.74) is 0. The van der Waals surface area contributed by atoms with Crippen LogP contribution in [0.25, 0.3) is 0 Å². The second-order valence-corrected chi connectivity index (χ2v) is 6.45. The van der Waals surface area contributed by atoms with E-state index in [9.17, 15) is 0 Å². The summed E-state index contributed by atoms with van der Waals surface area (Å²) in [4.78, 5) is 7.02. The average Bonchev–Trinajstić information content (AvgIpc) is 3.14. The summed E-state index contributed by atoms with van der Waals surface area (Å²) in [6, 6.07) is 3.93. The monoisotopic (exact) mass is 479 g/mol. The minimum atomic E-state index is 0. The van der Waals surface area contributed by atoms with Crippen molar-refractivity contribution in [2.24, 2.45) is 10.9 Å². The highest BCUT2D eigenvalue weighted by Gasteiger charge is 2.17. The average molecular weight is 479 g/mol. The maximum Gasteiger partial charge on any atom is 0.193 e. The number of nitrogens with zero attached hydrogens (tertiary/aromatic N) is 2. The first-order valence-corrected chi connectivity index (χ1v) is 9.47. The number of nitrogens with one attached hydrogen (secondary N) is 1. The van der Waals surface area contributed by atoms with E-state index in [1.807, 2.05) is 19.1 Å². The second-order valence-electron chi connectivity index (χ2n) is 6.45. The number of halogens is 1. The number of aliphatic imine (C=N–C) groups is 1. The van der Waals surface area contributed by atoms with Gasteiger partial charge in [0.15, 0.2) is 5.96 Å². The Morgan fingerprint density at radius 3 is 2.88 bits per heavy atom. The van der Waals surface area contributed by atoms with Crippen molar-refractivity contribution in [3.8, 4) is 0 Å². The normalized spacial score (nSPS) is 15.5. The van der Waals surface area contributed by atoms with Crippen molar-refractivity contribution < 1.29 is 13.9 Å². The lowest BCUT2D eigenvalue weighted by atomic mass is 10.00. The molecule has 0 aromatic carbocycles. The van der Waals surface area contributed by atoms with E-state index in [1.54, 1.807) is 6.26 Å². The van der Waals surface area contributed by atoms with E-state index < -0.39 is 0 Å². The molecule has 150 valence electrons. The molecule has 1 fully saturated rings. The molecule has 0 amide bonds. The molecule has 7 heteroatoms. The van der Waals surface area contributed by atoms with Crippen LogP contribution >= 0.6 is 24.0 Å². The Bertz CT molecular complexity index is 476. The molecule has 0 spiro atoms. The topological polar surface area (TPSA) is 59.2 Å². The molecular weight excluding hydrogens is 445 g/mol. The first-order chi connectivity index (χ1) is 12.3. The van der Waals surface area contributed by atoms with Crippen LogP contribution in [0, 0.1) is 5.92 Å². The van der Waals surface area contributed by atoms with Crippen LogP contribution in [0.1, 0.15) is 31.9 Å². The zero-order valence-corrected chi connectivity index (χ0v) is 18.4. The molecule has 2 heterocycles. The van der Waals surface area contributed by atoms with Gasteiger partial charge >= 0.3 is 0 Å². The lowest BCUT2D eigenvalue weighted by Crippen LogP contribution is -2.43. The Labute approximate surface area is 174 Å². The molecule has 0 aliphatic carbocycles. The van der Waals surface area contributed by atoms with Gasteiger partial charge in [-0.1, -0.05) is 0 Å². The van der Waals surface area contributed by atoms with Crippen molar-refractivity contribution in [3.05, 3.63) is 24.2 Å². The molecule has 0 bridgehead atoms. The van der Waals surface area contributed by atoms with Crippen molar-refractivity contribution in [2.45, 2.75) is 32.6 Å². The van der Waals surface area contributed by atoms with Gasteiger partial charge in [-0.05, 0) is 44.2 Å². The quantitative estimate of drug-likeness (QED) is 0.242. The number of furan rings is 1. The largest absolute Gasteiger partial charge is 0.469 e. The van der Waals surface area contributed by atoms with Crippen LogP contribution in [0.15, 0.2) is 27.8 Å². The van der Waals surface area contributed by atoms with Crippen LogP contribution in [-0.4, -0.2) is 64.0 Å². The molecule has 6 nitrogen and oxygen atoms in total. The van der Waals surface area contributed by atoms with Crippen LogP contribution in [0.3, 0.4) is 0 Å². The van der Waals surface area contributed by atoms with Gasteiger partial charge in [-0.2, -0.15) is 0 Å². The first-order valence-electron chi connectivity index (χ1n) is 9.47. The summed E-state index contributed by atoms with van der Waals surface area (Å²) in [6.45, 7) is 7.92. The van der Waals surface area contributed by atoms with Crippen LogP contribution in [0.5, 0.6) is 0 Å². The summed E-state index contributed by atoms with van der Waals surface area (Å²) in [5, 5.41) is 3.48. The Morgan fingerprint density at radius 2 is 2.19 bits per heavy atom. The van der Waals surface area contributed by atoms with Gasteiger partial charge in [0.05, 0.1) is 6.26 Å². The van der Waals surface area contributed by atoms with E-state index in [2.05, 4.69) is 17.3 Å². The Hall–Kier alpha value is -0.800. The number of hydrogen-bond acceptors (Lipinski definition) is 4. The van der Waals surface area contributed by atoms with E-state index in [0.29, 0.717) is 5.92 Å². The van der Waals surface area contributed by atoms with Gasteiger partial charge in [0.25, 0.3) is 0 Å². The van der Waals surface area contributed by atoms with E-state index >= 15 is 0 Å². The van der Waals surface area contributed by atoms with Gasteiger partial charge in [-0.3, -0.25) is 4.99 Å². The molecule has 1 aliphatic rings. The molecule has 1 aliphatic heterocycles. The van der Waals surface area contributed by atoms with Gasteiger partial charge in [-0.15, -0.1) is 24.0 Å². The molecule has 1 N–H and O–H groups in total. The third-order valence-electron chi connectivity index (χ3n) is 4.38. The first kappa shape index (κ1) is 23.2. The fourth-order valence-corrected chi connectivity index (χ4v) is 2.96. The number of guanidine groups is 1. The smallest absolute Gasteiger partial charge is 0.193 e. The third-order valence-corrected chi connectivity index (χ3v) is 4.38. The molecule has 0 unspecified atom stereocenters. The summed E-state index contributed by atoms with van der Waals surface area (Å²) in [6.07, 6.45) is 5.79. The molecule has 2 rings (SSSR count). The molecular formula is C19H34IN3O3. The van der Waals surface area contributed by atoms with Gasteiger partial charge in [-0.25, -0.2) is 0 Å². The highest BCUT2D eigenvalue weighted by atomic mass is 127. The molecule has 0 saturated carbocycles.